The van der Waals surface area contributed by atoms with E-state index in [1.807, 2.05) is 0 Å². The van der Waals surface area contributed by atoms with Gasteiger partial charge in [0.25, 0.3) is 0 Å². The number of anilines is 1. The number of nitrogens with one attached hydrogen (secondary N) is 1. The van der Waals surface area contributed by atoms with Crippen LogP contribution in [0.25, 0.3) is 0 Å². The Labute approximate surface area is 132 Å². The van der Waals surface area contributed by atoms with Gasteiger partial charge in [-0.2, -0.15) is 0 Å². The second-order valence-electron chi connectivity index (χ2n) is 4.02. The molecule has 112 valence electrons. The van der Waals surface area contributed by atoms with Crippen molar-refractivity contribution in [1.29, 1.82) is 0 Å². The Kier molecular flexibility index (Phi) is 5.77. The highest BCUT2D eigenvalue weighted by atomic mass is 32.2. The van der Waals surface area contributed by atoms with Crippen LogP contribution in [0.15, 0.2) is 52.2 Å². The fourth-order valence-electron chi connectivity index (χ4n) is 1.48. The van der Waals surface area contributed by atoms with Crippen LogP contribution in [-0.4, -0.2) is 36.7 Å². The van der Waals surface area contributed by atoms with E-state index < -0.39 is 9.84 Å². The van der Waals surface area contributed by atoms with Crippen molar-refractivity contribution >= 4 is 38.1 Å². The zero-order chi connectivity index (χ0) is 15.1. The highest BCUT2D eigenvalue weighted by Crippen LogP contribution is 2.26. The average molecular weight is 341 g/mol. The molecule has 1 aromatic heterocycles. The smallest absolute Gasteiger partial charge is 0.206 e. The summed E-state index contributed by atoms with van der Waals surface area (Å²) < 4.78 is 25.0. The van der Waals surface area contributed by atoms with E-state index in [1.54, 1.807) is 36.4 Å². The van der Waals surface area contributed by atoms with Crippen LogP contribution in [0, 0.1) is 0 Å². The van der Waals surface area contributed by atoms with Gasteiger partial charge in [0.1, 0.15) is 0 Å². The fraction of sp³-hybridized carbons (Fsp3) is 0.231. The van der Waals surface area contributed by atoms with Crippen LogP contribution in [0.5, 0.6) is 0 Å². The highest BCUT2D eigenvalue weighted by Gasteiger charge is 2.14. The van der Waals surface area contributed by atoms with Gasteiger partial charge >= 0.3 is 0 Å². The lowest BCUT2D eigenvalue weighted by atomic mass is 10.4. The van der Waals surface area contributed by atoms with Gasteiger partial charge in [-0.05, 0) is 12.1 Å². The van der Waals surface area contributed by atoms with Crippen molar-refractivity contribution in [2.24, 2.45) is 0 Å². The molecule has 0 aliphatic carbocycles. The third kappa shape index (κ3) is 4.83. The molecule has 0 amide bonds. The number of thioether (sulfide) groups is 1. The monoisotopic (exact) mass is 341 g/mol. The number of rotatable bonds is 8. The number of hydrogen-bond acceptors (Lipinski definition) is 7. The Bertz CT molecular complexity index is 684. The van der Waals surface area contributed by atoms with Crippen LogP contribution in [0.3, 0.4) is 0 Å². The van der Waals surface area contributed by atoms with Crippen molar-refractivity contribution in [3.05, 3.63) is 43.0 Å². The maximum absolute atomic E-state index is 12.1. The maximum Gasteiger partial charge on any atom is 0.206 e. The van der Waals surface area contributed by atoms with Gasteiger partial charge in [0.2, 0.25) is 5.13 Å². The molecule has 1 aromatic carbocycles. The summed E-state index contributed by atoms with van der Waals surface area (Å²) >= 11 is 2.80. The number of aromatic nitrogens is 2. The van der Waals surface area contributed by atoms with Gasteiger partial charge in [-0.25, -0.2) is 8.42 Å². The van der Waals surface area contributed by atoms with Crippen molar-refractivity contribution in [1.82, 2.24) is 10.2 Å². The van der Waals surface area contributed by atoms with E-state index in [2.05, 4.69) is 22.1 Å². The summed E-state index contributed by atoms with van der Waals surface area (Å²) in [6.07, 6.45) is 1.74. The molecule has 0 unspecified atom stereocenters. The van der Waals surface area contributed by atoms with Crippen molar-refractivity contribution in [2.75, 3.05) is 23.4 Å². The largest absolute Gasteiger partial charge is 0.357 e. The first-order valence-electron chi connectivity index (χ1n) is 6.21. The topological polar surface area (TPSA) is 72.0 Å². The van der Waals surface area contributed by atoms with Gasteiger partial charge in [0.15, 0.2) is 14.2 Å². The summed E-state index contributed by atoms with van der Waals surface area (Å²) in [5, 5.41) is 11.7. The first kappa shape index (κ1) is 16.0. The summed E-state index contributed by atoms with van der Waals surface area (Å²) in [7, 11) is -3.23. The van der Waals surface area contributed by atoms with Crippen LogP contribution in [0.4, 0.5) is 5.13 Å². The molecule has 0 aliphatic heterocycles. The SMILES string of the molecule is C=CCNc1nnc(SCCS(=O)(=O)c2ccccc2)s1. The van der Waals surface area contributed by atoms with Crippen LogP contribution < -0.4 is 5.32 Å². The van der Waals surface area contributed by atoms with E-state index >= 15 is 0 Å². The minimum absolute atomic E-state index is 0.0800. The standard InChI is InChI=1S/C13H15N3O2S3/c1-2-8-14-12-15-16-13(20-12)19-9-10-21(17,18)11-6-4-3-5-7-11/h2-7H,1,8-10H2,(H,14,15). The van der Waals surface area contributed by atoms with E-state index in [4.69, 9.17) is 0 Å². The van der Waals surface area contributed by atoms with Gasteiger partial charge in [-0.3, -0.25) is 0 Å². The summed E-state index contributed by atoms with van der Waals surface area (Å²) in [6.45, 7) is 4.24. The number of benzene rings is 1. The number of nitrogens with zero attached hydrogens (tertiary/aromatic N) is 2. The van der Waals surface area contributed by atoms with E-state index in [0.717, 1.165) is 4.34 Å². The molecule has 1 N–H and O–H groups in total. The Balaban J connectivity index is 1.86. The maximum atomic E-state index is 12.1. The molecular weight excluding hydrogens is 326 g/mol. The molecule has 0 aliphatic rings. The Morgan fingerprint density at radius 1 is 1.29 bits per heavy atom. The molecule has 5 nitrogen and oxygen atoms in total. The molecular formula is C13H15N3O2S3. The molecule has 0 atom stereocenters. The second kappa shape index (κ2) is 7.58. The molecule has 8 heteroatoms. The van der Waals surface area contributed by atoms with Crippen LogP contribution in [0.2, 0.25) is 0 Å². The van der Waals surface area contributed by atoms with E-state index in [1.165, 1.54) is 23.1 Å². The third-order valence-corrected chi connectivity index (χ3v) is 6.49. The molecule has 21 heavy (non-hydrogen) atoms. The molecule has 0 fully saturated rings. The second-order valence-corrected chi connectivity index (χ2v) is 8.45. The van der Waals surface area contributed by atoms with E-state index in [-0.39, 0.29) is 5.75 Å². The normalized spacial score (nSPS) is 11.2. The van der Waals surface area contributed by atoms with Gasteiger partial charge in [0.05, 0.1) is 10.6 Å². The van der Waals surface area contributed by atoms with Gasteiger partial charge in [0, 0.05) is 12.3 Å². The van der Waals surface area contributed by atoms with Gasteiger partial charge in [-0.15, -0.1) is 16.8 Å². The van der Waals surface area contributed by atoms with Crippen LogP contribution in [0.1, 0.15) is 0 Å². The quantitative estimate of drug-likeness (QED) is 0.588. The molecule has 2 aromatic rings. The van der Waals surface area contributed by atoms with Crippen molar-refractivity contribution in [3.63, 3.8) is 0 Å². The van der Waals surface area contributed by atoms with Crippen molar-refractivity contribution < 1.29 is 8.42 Å². The first-order valence-corrected chi connectivity index (χ1v) is 9.66. The van der Waals surface area contributed by atoms with Gasteiger partial charge in [-0.1, -0.05) is 47.4 Å². The predicted molar refractivity (Wildman–Crippen MR) is 87.8 cm³/mol. The summed E-state index contributed by atoms with van der Waals surface area (Å²) in [4.78, 5) is 0.358. The fourth-order valence-corrected chi connectivity index (χ4v) is 4.98. The average Bonchev–Trinajstić information content (AvgIpc) is 2.94. The van der Waals surface area contributed by atoms with Crippen LogP contribution in [-0.2, 0) is 9.84 Å². The zero-order valence-corrected chi connectivity index (χ0v) is 13.7. The van der Waals surface area contributed by atoms with Crippen molar-refractivity contribution in [3.8, 4) is 0 Å². The lowest BCUT2D eigenvalue weighted by molar-refractivity contribution is 0.597. The zero-order valence-electron chi connectivity index (χ0n) is 11.2. The predicted octanol–water partition coefficient (Wildman–Crippen LogP) is 2.70. The number of hydrogen-bond donors (Lipinski definition) is 1. The molecule has 1 heterocycles. The Hall–Kier alpha value is -1.38. The lowest BCUT2D eigenvalue weighted by Crippen LogP contribution is -2.08. The van der Waals surface area contributed by atoms with Gasteiger partial charge < -0.3 is 5.32 Å². The molecule has 0 spiro atoms. The lowest BCUT2D eigenvalue weighted by Gasteiger charge is -2.02. The summed E-state index contributed by atoms with van der Waals surface area (Å²) in [5.74, 6) is 0.532. The summed E-state index contributed by atoms with van der Waals surface area (Å²) in [5.41, 5.74) is 0. The third-order valence-electron chi connectivity index (χ3n) is 2.48. The van der Waals surface area contributed by atoms with E-state index in [0.29, 0.717) is 22.3 Å². The molecule has 0 radical (unpaired) electrons. The molecule has 0 saturated heterocycles. The minimum Gasteiger partial charge on any atom is -0.357 e. The van der Waals surface area contributed by atoms with Crippen LogP contribution >= 0.6 is 23.1 Å². The first-order chi connectivity index (χ1) is 10.1. The Morgan fingerprint density at radius 2 is 2.05 bits per heavy atom. The van der Waals surface area contributed by atoms with E-state index in [9.17, 15) is 8.42 Å². The molecule has 0 bridgehead atoms. The summed E-state index contributed by atoms with van der Waals surface area (Å²) in [6, 6.07) is 8.47. The minimum atomic E-state index is -3.23. The highest BCUT2D eigenvalue weighted by molar-refractivity contribution is 8.02. The Morgan fingerprint density at radius 3 is 2.76 bits per heavy atom. The molecule has 2 rings (SSSR count). The molecule has 0 saturated carbocycles. The number of sulfone groups is 1. The van der Waals surface area contributed by atoms with Crippen molar-refractivity contribution in [2.45, 2.75) is 9.24 Å².